The molecule has 2 heteroatoms. The molecule has 0 heterocycles. The van der Waals surface area contributed by atoms with E-state index in [-0.39, 0.29) is 6.10 Å². The second-order valence-corrected chi connectivity index (χ2v) is 4.85. The van der Waals surface area contributed by atoms with Crippen LogP contribution in [-0.4, -0.2) is 12.6 Å². The second kappa shape index (κ2) is 5.35. The lowest BCUT2D eigenvalue weighted by Crippen LogP contribution is -2.17. The molecule has 88 valence electrons. The summed E-state index contributed by atoms with van der Waals surface area (Å²) >= 11 is 0. The Balaban J connectivity index is 1.89. The number of nitrogens with one attached hydrogen (secondary N) is 1. The monoisotopic (exact) mass is 219 g/mol. The van der Waals surface area contributed by atoms with Gasteiger partial charge in [0.15, 0.2) is 0 Å². The van der Waals surface area contributed by atoms with Gasteiger partial charge in [-0.25, -0.2) is 0 Å². The molecule has 16 heavy (non-hydrogen) atoms. The van der Waals surface area contributed by atoms with E-state index in [4.69, 9.17) is 4.74 Å². The lowest BCUT2D eigenvalue weighted by molar-refractivity contribution is 0.239. The van der Waals surface area contributed by atoms with E-state index in [1.54, 1.807) is 0 Å². The van der Waals surface area contributed by atoms with E-state index >= 15 is 0 Å². The number of benzene rings is 1. The van der Waals surface area contributed by atoms with Crippen molar-refractivity contribution < 1.29 is 4.74 Å². The molecule has 0 spiro atoms. The zero-order chi connectivity index (χ0) is 11.4. The average Bonchev–Trinajstić information content (AvgIpc) is 3.04. The van der Waals surface area contributed by atoms with E-state index in [9.17, 15) is 0 Å². The molecule has 0 bridgehead atoms. The van der Waals surface area contributed by atoms with Crippen molar-refractivity contribution >= 4 is 0 Å². The third kappa shape index (κ3) is 3.53. The van der Waals surface area contributed by atoms with E-state index in [1.807, 2.05) is 12.1 Å². The highest BCUT2D eigenvalue weighted by Crippen LogP contribution is 2.28. The fraction of sp³-hybridized carbons (Fsp3) is 0.571. The molecule has 1 fully saturated rings. The van der Waals surface area contributed by atoms with Crippen molar-refractivity contribution in [3.8, 4) is 5.75 Å². The van der Waals surface area contributed by atoms with Crippen molar-refractivity contribution in [1.29, 1.82) is 0 Å². The fourth-order valence-corrected chi connectivity index (χ4v) is 1.75. The molecule has 2 nitrogen and oxygen atoms in total. The Labute approximate surface area is 98.0 Å². The van der Waals surface area contributed by atoms with Crippen LogP contribution in [0, 0.1) is 5.92 Å². The van der Waals surface area contributed by atoms with Crippen LogP contribution in [0.2, 0.25) is 0 Å². The molecular formula is C14H21NO. The van der Waals surface area contributed by atoms with Crippen molar-refractivity contribution in [2.24, 2.45) is 5.92 Å². The minimum Gasteiger partial charge on any atom is -0.491 e. The summed E-state index contributed by atoms with van der Waals surface area (Å²) in [5, 5.41) is 3.50. The van der Waals surface area contributed by atoms with Crippen LogP contribution in [0.3, 0.4) is 0 Å². The summed E-state index contributed by atoms with van der Waals surface area (Å²) in [6.45, 7) is 6.19. The molecule has 1 aromatic rings. The quantitative estimate of drug-likeness (QED) is 0.794. The van der Waals surface area contributed by atoms with Gasteiger partial charge in [-0.3, -0.25) is 0 Å². The van der Waals surface area contributed by atoms with E-state index in [2.05, 4.69) is 31.3 Å². The summed E-state index contributed by atoms with van der Waals surface area (Å²) in [5.74, 6) is 1.94. The summed E-state index contributed by atoms with van der Waals surface area (Å²) in [6, 6.07) is 8.29. The van der Waals surface area contributed by atoms with Gasteiger partial charge in [0, 0.05) is 12.1 Å². The molecule has 0 atom stereocenters. The van der Waals surface area contributed by atoms with E-state index in [0.29, 0.717) is 0 Å². The molecule has 1 aromatic carbocycles. The number of hydrogen-bond donors (Lipinski definition) is 1. The Bertz CT molecular complexity index is 331. The van der Waals surface area contributed by atoms with Gasteiger partial charge < -0.3 is 10.1 Å². The van der Waals surface area contributed by atoms with Gasteiger partial charge in [-0.05, 0) is 45.2 Å². The molecule has 1 saturated carbocycles. The Morgan fingerprint density at radius 1 is 1.31 bits per heavy atom. The van der Waals surface area contributed by atoms with E-state index in [1.165, 1.54) is 18.4 Å². The highest BCUT2D eigenvalue weighted by molar-refractivity contribution is 5.33. The van der Waals surface area contributed by atoms with Gasteiger partial charge in [-0.1, -0.05) is 18.2 Å². The van der Waals surface area contributed by atoms with Gasteiger partial charge in [-0.15, -0.1) is 0 Å². The Morgan fingerprint density at radius 3 is 2.75 bits per heavy atom. The first-order chi connectivity index (χ1) is 7.75. The normalized spacial score (nSPS) is 15.4. The molecule has 1 aliphatic carbocycles. The van der Waals surface area contributed by atoms with E-state index < -0.39 is 0 Å². The molecule has 0 radical (unpaired) electrons. The fourth-order valence-electron chi connectivity index (χ4n) is 1.75. The maximum absolute atomic E-state index is 5.78. The first-order valence-electron chi connectivity index (χ1n) is 6.21. The number of ether oxygens (including phenoxy) is 1. The number of rotatable bonds is 6. The van der Waals surface area contributed by atoms with Gasteiger partial charge in [0.25, 0.3) is 0 Å². The van der Waals surface area contributed by atoms with Crippen LogP contribution >= 0.6 is 0 Å². The first kappa shape index (κ1) is 11.5. The van der Waals surface area contributed by atoms with Crippen molar-refractivity contribution in [2.45, 2.75) is 39.3 Å². The predicted octanol–water partition coefficient (Wildman–Crippen LogP) is 2.97. The molecule has 1 aliphatic rings. The van der Waals surface area contributed by atoms with Crippen molar-refractivity contribution in [3.05, 3.63) is 29.8 Å². The zero-order valence-electron chi connectivity index (χ0n) is 10.2. The Morgan fingerprint density at radius 2 is 2.06 bits per heavy atom. The molecular weight excluding hydrogens is 198 g/mol. The smallest absolute Gasteiger partial charge is 0.124 e. The highest BCUT2D eigenvalue weighted by Gasteiger charge is 2.20. The minimum atomic E-state index is 0.240. The summed E-state index contributed by atoms with van der Waals surface area (Å²) in [7, 11) is 0. The van der Waals surface area contributed by atoms with Gasteiger partial charge in [0.05, 0.1) is 6.10 Å². The van der Waals surface area contributed by atoms with Crippen LogP contribution < -0.4 is 10.1 Å². The molecule has 1 N–H and O–H groups in total. The van der Waals surface area contributed by atoms with Crippen LogP contribution in [0.25, 0.3) is 0 Å². The molecule has 0 amide bonds. The molecule has 2 rings (SSSR count). The third-order valence-electron chi connectivity index (χ3n) is 2.78. The van der Waals surface area contributed by atoms with Crippen molar-refractivity contribution in [2.75, 3.05) is 6.54 Å². The summed E-state index contributed by atoms with van der Waals surface area (Å²) in [4.78, 5) is 0. The lowest BCUT2D eigenvalue weighted by Gasteiger charge is -2.14. The maximum atomic E-state index is 5.78. The number of para-hydroxylation sites is 1. The molecule has 0 unspecified atom stereocenters. The van der Waals surface area contributed by atoms with Crippen LogP contribution in [0.15, 0.2) is 24.3 Å². The summed E-state index contributed by atoms with van der Waals surface area (Å²) < 4.78 is 5.78. The summed E-state index contributed by atoms with van der Waals surface area (Å²) in [6.07, 6.45) is 3.04. The topological polar surface area (TPSA) is 21.3 Å². The van der Waals surface area contributed by atoms with Gasteiger partial charge >= 0.3 is 0 Å². The molecule has 0 saturated heterocycles. The molecule has 0 aliphatic heterocycles. The largest absolute Gasteiger partial charge is 0.491 e. The predicted molar refractivity (Wildman–Crippen MR) is 66.6 cm³/mol. The number of hydrogen-bond acceptors (Lipinski definition) is 2. The minimum absolute atomic E-state index is 0.240. The zero-order valence-corrected chi connectivity index (χ0v) is 10.2. The Hall–Kier alpha value is -1.02. The van der Waals surface area contributed by atoms with Gasteiger partial charge in [-0.2, -0.15) is 0 Å². The lowest BCUT2D eigenvalue weighted by atomic mass is 10.2. The second-order valence-electron chi connectivity index (χ2n) is 4.85. The molecule has 0 aromatic heterocycles. The maximum Gasteiger partial charge on any atom is 0.124 e. The van der Waals surface area contributed by atoms with Crippen LogP contribution in [0.4, 0.5) is 0 Å². The van der Waals surface area contributed by atoms with Crippen molar-refractivity contribution in [3.63, 3.8) is 0 Å². The van der Waals surface area contributed by atoms with Crippen LogP contribution in [-0.2, 0) is 6.54 Å². The van der Waals surface area contributed by atoms with Crippen molar-refractivity contribution in [1.82, 2.24) is 5.32 Å². The highest BCUT2D eigenvalue weighted by atomic mass is 16.5. The van der Waals surface area contributed by atoms with Crippen LogP contribution in [0.1, 0.15) is 32.3 Å². The van der Waals surface area contributed by atoms with E-state index in [0.717, 1.165) is 24.8 Å². The summed E-state index contributed by atoms with van der Waals surface area (Å²) in [5.41, 5.74) is 1.26. The third-order valence-corrected chi connectivity index (χ3v) is 2.78. The Kier molecular flexibility index (Phi) is 3.83. The average molecular weight is 219 g/mol. The van der Waals surface area contributed by atoms with Crippen LogP contribution in [0.5, 0.6) is 5.75 Å². The van der Waals surface area contributed by atoms with Gasteiger partial charge in [0.2, 0.25) is 0 Å². The standard InChI is InChI=1S/C14H21NO/c1-11(2)16-14-6-4-3-5-13(14)10-15-9-12-7-8-12/h3-6,11-12,15H,7-10H2,1-2H3. The first-order valence-corrected chi connectivity index (χ1v) is 6.21. The van der Waals surface area contributed by atoms with Gasteiger partial charge in [0.1, 0.15) is 5.75 Å². The SMILES string of the molecule is CC(C)Oc1ccccc1CNCC1CC1.